The second-order valence-electron chi connectivity index (χ2n) is 10.1. The molecule has 2 aromatic rings. The molecule has 0 aliphatic heterocycles. The van der Waals surface area contributed by atoms with Gasteiger partial charge in [-0.1, -0.05) is 55.2 Å². The molecule has 0 radical (unpaired) electrons. The molecule has 6 heteroatoms. The minimum Gasteiger partial charge on any atom is -0.469 e. The van der Waals surface area contributed by atoms with Crippen LogP contribution in [0, 0.1) is 5.92 Å². The van der Waals surface area contributed by atoms with Crippen molar-refractivity contribution in [3.05, 3.63) is 29.5 Å². The number of esters is 1. The number of unbranched alkanes of at least 4 members (excludes halogenated alkanes) is 1. The quantitative estimate of drug-likeness (QED) is 0.166. The standard InChI is InChI=1S/C27H44N2O2S2/c1-9-21-23-17-20(32-33-27(4,5)10-2)15-16-24(23)28-25(21)22(26(30)31-8)14-12-11-13-19(3)18-29(6)7/h15-17,19,22,28H,9-14,18H2,1-8H3. The molecular weight excluding hydrogens is 448 g/mol. The second-order valence-corrected chi connectivity index (χ2v) is 13.0. The SMILES string of the molecule is CCc1c(C(CCCCC(C)CN(C)C)C(=O)OC)[nH]c2ccc(SSC(C)(C)CC)cc12. The van der Waals surface area contributed by atoms with Crippen molar-refractivity contribution in [1.29, 1.82) is 0 Å². The number of aryl methyl sites for hydroxylation is 1. The Hall–Kier alpha value is -1.11. The van der Waals surface area contributed by atoms with Gasteiger partial charge in [0.25, 0.3) is 0 Å². The Morgan fingerprint density at radius 2 is 1.88 bits per heavy atom. The van der Waals surface area contributed by atoms with E-state index in [2.05, 4.69) is 76.8 Å². The van der Waals surface area contributed by atoms with Crippen molar-refractivity contribution < 1.29 is 9.53 Å². The number of fused-ring (bicyclic) bond motifs is 1. The largest absolute Gasteiger partial charge is 0.469 e. The molecule has 2 unspecified atom stereocenters. The molecule has 0 aliphatic rings. The maximum atomic E-state index is 12.8. The molecule has 0 saturated heterocycles. The van der Waals surface area contributed by atoms with Crippen LogP contribution < -0.4 is 0 Å². The Morgan fingerprint density at radius 3 is 2.48 bits per heavy atom. The Balaban J connectivity index is 2.20. The van der Waals surface area contributed by atoms with E-state index in [0.29, 0.717) is 5.92 Å². The smallest absolute Gasteiger partial charge is 0.314 e. The number of H-pyrrole nitrogens is 1. The number of rotatable bonds is 14. The van der Waals surface area contributed by atoms with Crippen LogP contribution in [0.25, 0.3) is 10.9 Å². The first-order chi connectivity index (χ1) is 15.6. The molecule has 1 aromatic carbocycles. The zero-order valence-electron chi connectivity index (χ0n) is 21.9. The molecule has 0 bridgehead atoms. The van der Waals surface area contributed by atoms with Gasteiger partial charge in [0.1, 0.15) is 0 Å². The topological polar surface area (TPSA) is 45.3 Å². The lowest BCUT2D eigenvalue weighted by Gasteiger charge is -2.20. The normalized spacial score (nSPS) is 14.1. The van der Waals surface area contributed by atoms with Gasteiger partial charge in [-0.2, -0.15) is 0 Å². The highest BCUT2D eigenvalue weighted by Crippen LogP contribution is 2.43. The molecular formula is C27H44N2O2S2. The zero-order valence-corrected chi connectivity index (χ0v) is 23.5. The van der Waals surface area contributed by atoms with Gasteiger partial charge in [-0.05, 0) is 83.3 Å². The van der Waals surface area contributed by atoms with Crippen LogP contribution in [0.3, 0.4) is 0 Å². The summed E-state index contributed by atoms with van der Waals surface area (Å²) in [6.07, 6.45) is 6.20. The highest BCUT2D eigenvalue weighted by atomic mass is 33.1. The van der Waals surface area contributed by atoms with Crippen molar-refractivity contribution in [2.75, 3.05) is 27.7 Å². The summed E-state index contributed by atoms with van der Waals surface area (Å²) in [5.41, 5.74) is 3.41. The predicted octanol–water partition coefficient (Wildman–Crippen LogP) is 7.67. The summed E-state index contributed by atoms with van der Waals surface area (Å²) in [4.78, 5) is 19.9. The van der Waals surface area contributed by atoms with E-state index in [1.165, 1.54) is 29.4 Å². The molecule has 33 heavy (non-hydrogen) atoms. The van der Waals surface area contributed by atoms with E-state index in [1.54, 1.807) is 0 Å². The van der Waals surface area contributed by atoms with E-state index in [4.69, 9.17) is 4.74 Å². The first-order valence-corrected chi connectivity index (χ1v) is 14.5. The predicted molar refractivity (Wildman–Crippen MR) is 146 cm³/mol. The molecule has 4 nitrogen and oxygen atoms in total. The average molecular weight is 493 g/mol. The monoisotopic (exact) mass is 492 g/mol. The van der Waals surface area contributed by atoms with E-state index >= 15 is 0 Å². The van der Waals surface area contributed by atoms with Crippen LogP contribution in [0.15, 0.2) is 23.1 Å². The summed E-state index contributed by atoms with van der Waals surface area (Å²) >= 11 is 0. The molecule has 0 saturated carbocycles. The van der Waals surface area contributed by atoms with Gasteiger partial charge in [-0.3, -0.25) is 4.79 Å². The number of hydrogen-bond acceptors (Lipinski definition) is 5. The van der Waals surface area contributed by atoms with Crippen molar-refractivity contribution in [2.24, 2.45) is 5.92 Å². The van der Waals surface area contributed by atoms with Crippen molar-refractivity contribution in [1.82, 2.24) is 9.88 Å². The summed E-state index contributed by atoms with van der Waals surface area (Å²) in [7, 11) is 9.52. The minimum absolute atomic E-state index is 0.132. The summed E-state index contributed by atoms with van der Waals surface area (Å²) in [6, 6.07) is 6.64. The Labute approximate surface area is 209 Å². The van der Waals surface area contributed by atoms with Crippen LogP contribution >= 0.6 is 21.6 Å². The molecule has 186 valence electrons. The Morgan fingerprint density at radius 1 is 1.18 bits per heavy atom. The lowest BCUT2D eigenvalue weighted by atomic mass is 9.92. The van der Waals surface area contributed by atoms with E-state index in [1.807, 2.05) is 21.6 Å². The van der Waals surface area contributed by atoms with Gasteiger partial charge in [0.2, 0.25) is 0 Å². The van der Waals surface area contributed by atoms with E-state index in [0.717, 1.165) is 49.9 Å². The third-order valence-corrected chi connectivity index (χ3v) is 9.88. The van der Waals surface area contributed by atoms with E-state index < -0.39 is 0 Å². The minimum atomic E-state index is -0.231. The molecule has 0 amide bonds. The fourth-order valence-corrected chi connectivity index (χ4v) is 6.64. The molecule has 0 fully saturated rings. The lowest BCUT2D eigenvalue weighted by molar-refractivity contribution is -0.142. The van der Waals surface area contributed by atoms with Crippen LogP contribution in [0.2, 0.25) is 0 Å². The number of methoxy groups -OCH3 is 1. The van der Waals surface area contributed by atoms with Crippen molar-refractivity contribution in [3.8, 4) is 0 Å². The van der Waals surface area contributed by atoms with E-state index in [9.17, 15) is 4.79 Å². The maximum Gasteiger partial charge on any atom is 0.314 e. The van der Waals surface area contributed by atoms with Crippen molar-refractivity contribution in [2.45, 2.75) is 88.7 Å². The van der Waals surface area contributed by atoms with Crippen molar-refractivity contribution >= 4 is 38.5 Å². The van der Waals surface area contributed by atoms with Gasteiger partial charge in [0.15, 0.2) is 0 Å². The molecule has 2 rings (SSSR count). The van der Waals surface area contributed by atoms with Gasteiger partial charge >= 0.3 is 5.97 Å². The van der Waals surface area contributed by atoms with E-state index in [-0.39, 0.29) is 16.6 Å². The summed E-state index contributed by atoms with van der Waals surface area (Å²) < 4.78 is 5.48. The zero-order chi connectivity index (χ0) is 24.6. The second kappa shape index (κ2) is 13.1. The molecule has 0 spiro atoms. The number of carbonyl (C=O) groups excluding carboxylic acids is 1. The number of ether oxygens (including phenoxy) is 1. The summed E-state index contributed by atoms with van der Waals surface area (Å²) in [5, 5.41) is 1.24. The first kappa shape index (κ1) is 28.1. The molecule has 2 atom stereocenters. The number of nitrogens with zero attached hydrogens (tertiary/aromatic N) is 1. The highest BCUT2D eigenvalue weighted by molar-refractivity contribution is 8.77. The molecule has 1 heterocycles. The summed E-state index contributed by atoms with van der Waals surface area (Å²) in [5.74, 6) is 0.306. The molecule has 0 aliphatic carbocycles. The number of aromatic nitrogens is 1. The van der Waals surface area contributed by atoms with Gasteiger partial charge < -0.3 is 14.6 Å². The molecule has 1 aromatic heterocycles. The highest BCUT2D eigenvalue weighted by Gasteiger charge is 2.27. The van der Waals surface area contributed by atoms with Gasteiger partial charge in [-0.25, -0.2) is 0 Å². The van der Waals surface area contributed by atoms with Crippen molar-refractivity contribution in [3.63, 3.8) is 0 Å². The third kappa shape index (κ3) is 8.25. The maximum absolute atomic E-state index is 12.8. The molecule has 1 N–H and O–H groups in total. The summed E-state index contributed by atoms with van der Waals surface area (Å²) in [6.45, 7) is 12.4. The Kier molecular flexibility index (Phi) is 11.2. The average Bonchev–Trinajstić information content (AvgIpc) is 3.14. The first-order valence-electron chi connectivity index (χ1n) is 12.3. The van der Waals surface area contributed by atoms with Gasteiger partial charge in [0.05, 0.1) is 13.0 Å². The van der Waals surface area contributed by atoms with Crippen LogP contribution in [0.4, 0.5) is 0 Å². The lowest BCUT2D eigenvalue weighted by Crippen LogP contribution is -2.20. The number of aromatic amines is 1. The van der Waals surface area contributed by atoms with Crippen LogP contribution in [0.1, 0.15) is 83.9 Å². The van der Waals surface area contributed by atoms with Crippen LogP contribution in [-0.2, 0) is 16.0 Å². The number of nitrogens with one attached hydrogen (secondary N) is 1. The number of carbonyl (C=O) groups is 1. The fourth-order valence-electron chi connectivity index (χ4n) is 4.28. The Bertz CT molecular complexity index is 892. The third-order valence-electron chi connectivity index (χ3n) is 6.43. The number of benzene rings is 1. The van der Waals surface area contributed by atoms with Gasteiger partial charge in [-0.15, -0.1) is 0 Å². The van der Waals surface area contributed by atoms with Crippen LogP contribution in [0.5, 0.6) is 0 Å². The van der Waals surface area contributed by atoms with Gasteiger partial charge in [0, 0.05) is 32.8 Å². The van der Waals surface area contributed by atoms with Crippen LogP contribution in [-0.4, -0.2) is 48.4 Å². The fraction of sp³-hybridized carbons (Fsp3) is 0.667. The number of hydrogen-bond donors (Lipinski definition) is 1.